The fourth-order valence-corrected chi connectivity index (χ4v) is 3.35. The molecule has 1 aliphatic carbocycles. The second-order valence-corrected chi connectivity index (χ2v) is 6.39. The van der Waals surface area contributed by atoms with Gasteiger partial charge in [0.2, 0.25) is 0 Å². The van der Waals surface area contributed by atoms with Crippen LogP contribution < -0.4 is 10.6 Å². The molecule has 2 rings (SSSR count). The third kappa shape index (κ3) is 3.97. The molecule has 0 aromatic carbocycles. The lowest BCUT2D eigenvalue weighted by molar-refractivity contribution is -0.130. The monoisotopic (exact) mass is 325 g/mol. The Hall–Kier alpha value is -1.63. The fourth-order valence-electron chi connectivity index (χ4n) is 2.62. The van der Waals surface area contributed by atoms with Crippen LogP contribution in [0.2, 0.25) is 0 Å². The molecule has 1 aromatic rings. The van der Waals surface area contributed by atoms with E-state index in [9.17, 15) is 9.59 Å². The first-order valence-corrected chi connectivity index (χ1v) is 8.45. The van der Waals surface area contributed by atoms with E-state index in [1.165, 1.54) is 18.0 Å². The summed E-state index contributed by atoms with van der Waals surface area (Å²) >= 11 is 1.21. The summed E-state index contributed by atoms with van der Waals surface area (Å²) in [6.45, 7) is 3.35. The molecule has 0 unspecified atom stereocenters. The number of hydrogen-bond donors (Lipinski definition) is 2. The molecule has 1 amide bonds. The minimum Gasteiger partial charge on any atom is -0.449 e. The summed E-state index contributed by atoms with van der Waals surface area (Å²) in [5.41, 5.74) is 1.02. The van der Waals surface area contributed by atoms with Gasteiger partial charge in [-0.25, -0.2) is 4.79 Å². The van der Waals surface area contributed by atoms with Gasteiger partial charge >= 0.3 is 5.97 Å². The smallest absolute Gasteiger partial charge is 0.343 e. The van der Waals surface area contributed by atoms with Crippen molar-refractivity contribution in [3.63, 3.8) is 0 Å². The van der Waals surface area contributed by atoms with Crippen LogP contribution in [-0.4, -0.2) is 35.4 Å². The molecule has 1 fully saturated rings. The highest BCUT2D eigenvalue weighted by Crippen LogP contribution is 2.25. The molecule has 1 aliphatic rings. The van der Waals surface area contributed by atoms with Crippen molar-refractivity contribution in [2.75, 3.05) is 12.4 Å². The average Bonchev–Trinajstić information content (AvgIpc) is 2.89. The summed E-state index contributed by atoms with van der Waals surface area (Å²) in [6, 6.07) is 0.208. The average molecular weight is 325 g/mol. The summed E-state index contributed by atoms with van der Waals surface area (Å²) in [4.78, 5) is 24.4. The first-order chi connectivity index (χ1) is 10.5. The molecule has 0 radical (unpaired) electrons. The van der Waals surface area contributed by atoms with E-state index in [0.29, 0.717) is 16.3 Å². The molecule has 0 bridgehead atoms. The van der Waals surface area contributed by atoms with Crippen molar-refractivity contribution in [3.05, 3.63) is 11.3 Å². The van der Waals surface area contributed by atoms with E-state index in [1.54, 1.807) is 20.9 Å². The van der Waals surface area contributed by atoms with Crippen molar-refractivity contribution in [2.24, 2.45) is 0 Å². The molecule has 7 heteroatoms. The molecule has 0 saturated heterocycles. The maximum absolute atomic E-state index is 12.2. The Kier molecular flexibility index (Phi) is 5.76. The van der Waals surface area contributed by atoms with Crippen LogP contribution in [0.3, 0.4) is 0 Å². The second kappa shape index (κ2) is 7.58. The molecule has 1 heterocycles. The van der Waals surface area contributed by atoms with Gasteiger partial charge in [-0.2, -0.15) is 4.37 Å². The van der Waals surface area contributed by atoms with E-state index in [1.807, 2.05) is 0 Å². The standard InChI is InChI=1S/C15H23N3O3S/c1-9-12(14(16-3)22-18-9)15(20)21-10(2)13(19)17-11-7-5-4-6-8-11/h10-11,16H,4-8H2,1-3H3,(H,17,19)/t10-/m1/s1. The quantitative estimate of drug-likeness (QED) is 0.813. The van der Waals surface area contributed by atoms with Crippen LogP contribution in [-0.2, 0) is 9.53 Å². The summed E-state index contributed by atoms with van der Waals surface area (Å²) in [7, 11) is 1.73. The maximum Gasteiger partial charge on any atom is 0.343 e. The fraction of sp³-hybridized carbons (Fsp3) is 0.667. The SMILES string of the molecule is CNc1snc(C)c1C(=O)O[C@H](C)C(=O)NC1CCCCC1. The molecule has 1 aromatic heterocycles. The Balaban J connectivity index is 1.92. The highest BCUT2D eigenvalue weighted by Gasteiger charge is 2.25. The first kappa shape index (κ1) is 16.7. The zero-order chi connectivity index (χ0) is 16.1. The number of aryl methyl sites for hydroxylation is 1. The van der Waals surface area contributed by atoms with Gasteiger partial charge in [-0.1, -0.05) is 19.3 Å². The number of carbonyl (C=O) groups is 2. The van der Waals surface area contributed by atoms with Gasteiger partial charge in [0, 0.05) is 13.1 Å². The zero-order valence-corrected chi connectivity index (χ0v) is 14.1. The molecule has 122 valence electrons. The Morgan fingerprint density at radius 2 is 2.00 bits per heavy atom. The van der Waals surface area contributed by atoms with Crippen LogP contribution in [0.25, 0.3) is 0 Å². The van der Waals surface area contributed by atoms with E-state index >= 15 is 0 Å². The molecule has 1 saturated carbocycles. The van der Waals surface area contributed by atoms with Gasteiger partial charge in [-0.3, -0.25) is 4.79 Å². The van der Waals surface area contributed by atoms with Crippen LogP contribution in [0.5, 0.6) is 0 Å². The maximum atomic E-state index is 12.2. The highest BCUT2D eigenvalue weighted by molar-refractivity contribution is 7.10. The number of carbonyl (C=O) groups excluding carboxylic acids is 2. The third-order valence-electron chi connectivity index (χ3n) is 3.90. The van der Waals surface area contributed by atoms with Gasteiger partial charge < -0.3 is 15.4 Å². The summed E-state index contributed by atoms with van der Waals surface area (Å²) in [5.74, 6) is -0.742. The predicted octanol–water partition coefficient (Wildman–Crippen LogP) is 2.49. The van der Waals surface area contributed by atoms with Crippen LogP contribution in [0.4, 0.5) is 5.00 Å². The third-order valence-corrected chi connectivity index (χ3v) is 4.85. The second-order valence-electron chi connectivity index (χ2n) is 5.61. The van der Waals surface area contributed by atoms with E-state index in [2.05, 4.69) is 15.0 Å². The molecule has 22 heavy (non-hydrogen) atoms. The minimum atomic E-state index is -0.807. The number of nitrogens with one attached hydrogen (secondary N) is 2. The zero-order valence-electron chi connectivity index (χ0n) is 13.3. The van der Waals surface area contributed by atoms with Gasteiger partial charge in [0.05, 0.1) is 5.69 Å². The van der Waals surface area contributed by atoms with Crippen molar-refractivity contribution in [2.45, 2.75) is 58.1 Å². The molecule has 2 N–H and O–H groups in total. The molecule has 0 spiro atoms. The minimum absolute atomic E-state index is 0.208. The lowest BCUT2D eigenvalue weighted by Crippen LogP contribution is -2.42. The van der Waals surface area contributed by atoms with Crippen LogP contribution >= 0.6 is 11.5 Å². The lowest BCUT2D eigenvalue weighted by Gasteiger charge is -2.24. The van der Waals surface area contributed by atoms with Gasteiger partial charge in [-0.05, 0) is 38.2 Å². The van der Waals surface area contributed by atoms with Gasteiger partial charge in [-0.15, -0.1) is 0 Å². The summed E-state index contributed by atoms with van der Waals surface area (Å²) in [6.07, 6.45) is 4.72. The van der Waals surface area contributed by atoms with E-state index < -0.39 is 12.1 Å². The van der Waals surface area contributed by atoms with Crippen molar-refractivity contribution < 1.29 is 14.3 Å². The molecular weight excluding hydrogens is 302 g/mol. The Morgan fingerprint density at radius 3 is 2.64 bits per heavy atom. The van der Waals surface area contributed by atoms with E-state index in [-0.39, 0.29) is 11.9 Å². The summed E-state index contributed by atoms with van der Waals surface area (Å²) in [5, 5.41) is 6.54. The van der Waals surface area contributed by atoms with Crippen molar-refractivity contribution in [3.8, 4) is 0 Å². The van der Waals surface area contributed by atoms with Gasteiger partial charge in [0.1, 0.15) is 10.6 Å². The largest absolute Gasteiger partial charge is 0.449 e. The van der Waals surface area contributed by atoms with Gasteiger partial charge in [0.15, 0.2) is 6.10 Å². The highest BCUT2D eigenvalue weighted by atomic mass is 32.1. The van der Waals surface area contributed by atoms with Crippen LogP contribution in [0.15, 0.2) is 0 Å². The number of rotatable bonds is 5. The summed E-state index contributed by atoms with van der Waals surface area (Å²) < 4.78 is 9.43. The van der Waals surface area contributed by atoms with Crippen molar-refractivity contribution >= 4 is 28.4 Å². The number of esters is 1. The number of aromatic nitrogens is 1. The Bertz CT molecular complexity index is 538. The van der Waals surface area contributed by atoms with Crippen molar-refractivity contribution in [1.82, 2.24) is 9.69 Å². The number of amides is 1. The topological polar surface area (TPSA) is 80.3 Å². The number of hydrogen-bond acceptors (Lipinski definition) is 6. The normalized spacial score (nSPS) is 16.9. The Labute approximate surface area is 134 Å². The number of anilines is 1. The van der Waals surface area contributed by atoms with Crippen LogP contribution in [0, 0.1) is 6.92 Å². The predicted molar refractivity (Wildman–Crippen MR) is 86.3 cm³/mol. The lowest BCUT2D eigenvalue weighted by atomic mass is 9.95. The van der Waals surface area contributed by atoms with E-state index in [0.717, 1.165) is 25.7 Å². The van der Waals surface area contributed by atoms with E-state index in [4.69, 9.17) is 4.74 Å². The van der Waals surface area contributed by atoms with Crippen molar-refractivity contribution in [1.29, 1.82) is 0 Å². The first-order valence-electron chi connectivity index (χ1n) is 7.68. The number of nitrogens with zero attached hydrogens (tertiary/aromatic N) is 1. The number of ether oxygens (including phenoxy) is 1. The molecule has 1 atom stereocenters. The molecule has 0 aliphatic heterocycles. The van der Waals surface area contributed by atoms with Crippen LogP contribution in [0.1, 0.15) is 55.1 Å². The Morgan fingerprint density at radius 1 is 1.32 bits per heavy atom. The molecular formula is C15H23N3O3S. The molecule has 6 nitrogen and oxygen atoms in total. The van der Waals surface area contributed by atoms with Gasteiger partial charge in [0.25, 0.3) is 5.91 Å².